The molecule has 0 spiro atoms. The molecular weight excluding hydrogens is 432 g/mol. The van der Waals surface area contributed by atoms with E-state index in [-0.39, 0.29) is 11.2 Å². The second kappa shape index (κ2) is 10.6. The van der Waals surface area contributed by atoms with E-state index in [1.54, 1.807) is 11.8 Å². The van der Waals surface area contributed by atoms with Crippen molar-refractivity contribution < 1.29 is 4.79 Å². The predicted octanol–water partition coefficient (Wildman–Crippen LogP) is 7.48. The largest absolute Gasteiger partial charge is 0.301 e. The van der Waals surface area contributed by atoms with Gasteiger partial charge in [0.05, 0.1) is 5.69 Å². The fourth-order valence-corrected chi connectivity index (χ4v) is 5.22. The molecule has 0 bridgehead atoms. The molecule has 0 aliphatic carbocycles. The number of benzene rings is 3. The van der Waals surface area contributed by atoms with E-state index in [1.165, 1.54) is 16.9 Å². The summed E-state index contributed by atoms with van der Waals surface area (Å²) in [6.45, 7) is 4.45. The van der Waals surface area contributed by atoms with Crippen molar-refractivity contribution in [1.82, 2.24) is 4.98 Å². The first-order chi connectivity index (χ1) is 15.6. The van der Waals surface area contributed by atoms with E-state index in [0.717, 1.165) is 28.1 Å². The zero-order valence-electron chi connectivity index (χ0n) is 18.2. The van der Waals surface area contributed by atoms with Crippen molar-refractivity contribution >= 4 is 34.1 Å². The number of carbonyl (C=O) groups excluding carboxylic acids is 1. The first kappa shape index (κ1) is 22.3. The Morgan fingerprint density at radius 2 is 1.59 bits per heavy atom. The predicted molar refractivity (Wildman–Crippen MR) is 136 cm³/mol. The van der Waals surface area contributed by atoms with Gasteiger partial charge < -0.3 is 5.32 Å². The van der Waals surface area contributed by atoms with Crippen LogP contribution >= 0.6 is 23.1 Å². The van der Waals surface area contributed by atoms with Gasteiger partial charge in [-0.15, -0.1) is 23.1 Å². The minimum atomic E-state index is -0.360. The number of aromatic nitrogens is 1. The molecule has 1 unspecified atom stereocenters. The van der Waals surface area contributed by atoms with Crippen LogP contribution in [-0.2, 0) is 11.2 Å². The molecule has 4 rings (SSSR count). The second-order valence-corrected chi connectivity index (χ2v) is 10.1. The maximum absolute atomic E-state index is 13.2. The zero-order valence-corrected chi connectivity index (χ0v) is 19.8. The molecule has 162 valence electrons. The summed E-state index contributed by atoms with van der Waals surface area (Å²) in [5.74, 6) is 0.562. The Balaban J connectivity index is 1.49. The van der Waals surface area contributed by atoms with Crippen LogP contribution in [0.25, 0.3) is 11.3 Å². The van der Waals surface area contributed by atoms with Gasteiger partial charge in [-0.3, -0.25) is 4.79 Å². The summed E-state index contributed by atoms with van der Waals surface area (Å²) in [5, 5.41) is 5.29. The standard InChI is InChI=1S/C27H26N2OS2/c1-19(2)17-20-13-15-21(16-14-20)24-18-31-27(28-24)29-26(30)25(22-9-5-3-6-10-22)32-23-11-7-4-8-12-23/h3-16,18-19,25H,17H2,1-2H3,(H,28,29,30). The number of rotatable bonds is 8. The van der Waals surface area contributed by atoms with Gasteiger partial charge in [0, 0.05) is 15.8 Å². The number of amides is 1. The molecule has 1 heterocycles. The van der Waals surface area contributed by atoms with Gasteiger partial charge in [-0.2, -0.15) is 0 Å². The Morgan fingerprint density at radius 3 is 2.25 bits per heavy atom. The highest BCUT2D eigenvalue weighted by Gasteiger charge is 2.23. The van der Waals surface area contributed by atoms with Crippen molar-refractivity contribution in [2.75, 3.05) is 5.32 Å². The van der Waals surface area contributed by atoms with Crippen molar-refractivity contribution in [2.45, 2.75) is 30.4 Å². The van der Waals surface area contributed by atoms with Crippen LogP contribution in [-0.4, -0.2) is 10.9 Å². The summed E-state index contributed by atoms with van der Waals surface area (Å²) >= 11 is 3.00. The monoisotopic (exact) mass is 458 g/mol. The van der Waals surface area contributed by atoms with Gasteiger partial charge in [0.15, 0.2) is 5.13 Å². The number of nitrogens with one attached hydrogen (secondary N) is 1. The zero-order chi connectivity index (χ0) is 22.3. The van der Waals surface area contributed by atoms with Crippen LogP contribution in [0.2, 0.25) is 0 Å². The van der Waals surface area contributed by atoms with E-state index in [9.17, 15) is 4.79 Å². The number of hydrogen-bond donors (Lipinski definition) is 1. The molecule has 0 saturated heterocycles. The van der Waals surface area contributed by atoms with Crippen LogP contribution in [0, 0.1) is 5.92 Å². The number of anilines is 1. The van der Waals surface area contributed by atoms with Crippen LogP contribution in [0.1, 0.15) is 30.2 Å². The quantitative estimate of drug-likeness (QED) is 0.278. The van der Waals surface area contributed by atoms with Crippen LogP contribution in [0.4, 0.5) is 5.13 Å². The SMILES string of the molecule is CC(C)Cc1ccc(-c2csc(NC(=O)C(Sc3ccccc3)c3ccccc3)n2)cc1. The number of thiazole rings is 1. The third-order valence-corrected chi connectivity index (χ3v) is 6.99. The molecule has 5 heteroatoms. The lowest BCUT2D eigenvalue weighted by Gasteiger charge is -2.16. The van der Waals surface area contributed by atoms with Crippen molar-refractivity contribution in [3.8, 4) is 11.3 Å². The lowest BCUT2D eigenvalue weighted by atomic mass is 10.0. The number of nitrogens with zero attached hydrogens (tertiary/aromatic N) is 1. The number of thioether (sulfide) groups is 1. The van der Waals surface area contributed by atoms with Crippen LogP contribution in [0.5, 0.6) is 0 Å². The van der Waals surface area contributed by atoms with Crippen LogP contribution < -0.4 is 5.32 Å². The summed E-state index contributed by atoms with van der Waals surface area (Å²) in [4.78, 5) is 19.0. The third kappa shape index (κ3) is 5.87. The van der Waals surface area contributed by atoms with Crippen molar-refractivity contribution in [3.63, 3.8) is 0 Å². The minimum absolute atomic E-state index is 0.0711. The summed E-state index contributed by atoms with van der Waals surface area (Å²) in [7, 11) is 0. The molecule has 3 nitrogen and oxygen atoms in total. The van der Waals surface area contributed by atoms with Gasteiger partial charge in [-0.1, -0.05) is 86.6 Å². The molecule has 0 saturated carbocycles. The average molecular weight is 459 g/mol. The van der Waals surface area contributed by atoms with Gasteiger partial charge in [-0.25, -0.2) is 4.98 Å². The molecule has 1 amide bonds. The lowest BCUT2D eigenvalue weighted by molar-refractivity contribution is -0.115. The van der Waals surface area contributed by atoms with Crippen molar-refractivity contribution in [3.05, 3.63) is 101 Å². The van der Waals surface area contributed by atoms with Crippen LogP contribution in [0.3, 0.4) is 0 Å². The van der Waals surface area contributed by atoms with Crippen molar-refractivity contribution in [1.29, 1.82) is 0 Å². The normalized spacial score (nSPS) is 12.0. The fraction of sp³-hybridized carbons (Fsp3) is 0.185. The second-order valence-electron chi connectivity index (χ2n) is 8.04. The molecule has 3 aromatic carbocycles. The smallest absolute Gasteiger partial charge is 0.244 e. The van der Waals surface area contributed by atoms with E-state index < -0.39 is 0 Å². The molecular formula is C27H26N2OS2. The highest BCUT2D eigenvalue weighted by atomic mass is 32.2. The molecule has 0 fully saturated rings. The number of hydrogen-bond acceptors (Lipinski definition) is 4. The molecule has 32 heavy (non-hydrogen) atoms. The third-order valence-electron chi connectivity index (χ3n) is 4.97. The Morgan fingerprint density at radius 1 is 0.938 bits per heavy atom. The van der Waals surface area contributed by atoms with E-state index >= 15 is 0 Å². The maximum atomic E-state index is 13.2. The molecule has 0 aliphatic rings. The minimum Gasteiger partial charge on any atom is -0.301 e. The first-order valence-corrected chi connectivity index (χ1v) is 12.5. The highest BCUT2D eigenvalue weighted by Crippen LogP contribution is 2.36. The summed E-state index contributed by atoms with van der Waals surface area (Å²) in [6.07, 6.45) is 1.07. The van der Waals surface area contributed by atoms with E-state index in [0.29, 0.717) is 11.0 Å². The molecule has 1 aromatic heterocycles. The molecule has 1 N–H and O–H groups in total. The maximum Gasteiger partial charge on any atom is 0.244 e. The lowest BCUT2D eigenvalue weighted by Crippen LogP contribution is -2.18. The molecule has 0 radical (unpaired) electrons. The van der Waals surface area contributed by atoms with Crippen LogP contribution in [0.15, 0.2) is 95.2 Å². The fourth-order valence-electron chi connectivity index (χ4n) is 3.45. The van der Waals surface area contributed by atoms with Gasteiger partial charge in [0.2, 0.25) is 5.91 Å². The van der Waals surface area contributed by atoms with E-state index in [2.05, 4.69) is 48.4 Å². The van der Waals surface area contributed by atoms with Gasteiger partial charge >= 0.3 is 0 Å². The molecule has 4 aromatic rings. The van der Waals surface area contributed by atoms with Crippen molar-refractivity contribution in [2.24, 2.45) is 5.92 Å². The highest BCUT2D eigenvalue weighted by molar-refractivity contribution is 8.00. The van der Waals surface area contributed by atoms with E-state index in [1.807, 2.05) is 66.0 Å². The van der Waals surface area contributed by atoms with Gasteiger partial charge in [0.25, 0.3) is 0 Å². The Hall–Kier alpha value is -2.89. The Kier molecular flexibility index (Phi) is 7.40. The van der Waals surface area contributed by atoms with Gasteiger partial charge in [0.1, 0.15) is 5.25 Å². The van der Waals surface area contributed by atoms with Gasteiger partial charge in [-0.05, 0) is 35.6 Å². The van der Waals surface area contributed by atoms with E-state index in [4.69, 9.17) is 0 Å². The average Bonchev–Trinajstić information content (AvgIpc) is 3.27. The molecule has 1 atom stereocenters. The molecule has 0 aliphatic heterocycles. The Bertz CT molecular complexity index is 1140. The number of carbonyl (C=O) groups is 1. The summed E-state index contributed by atoms with van der Waals surface area (Å²) < 4.78 is 0. The summed E-state index contributed by atoms with van der Waals surface area (Å²) in [6, 6.07) is 28.4. The topological polar surface area (TPSA) is 42.0 Å². The Labute approximate surface area is 197 Å². The summed E-state index contributed by atoms with van der Waals surface area (Å²) in [5.41, 5.74) is 4.24. The first-order valence-electron chi connectivity index (χ1n) is 10.7.